The van der Waals surface area contributed by atoms with Crippen LogP contribution in [0, 0.1) is 0 Å². The summed E-state index contributed by atoms with van der Waals surface area (Å²) in [6.45, 7) is 9.52. The summed E-state index contributed by atoms with van der Waals surface area (Å²) in [5.41, 5.74) is 0. The molecule has 6 nitrogen and oxygen atoms in total. The summed E-state index contributed by atoms with van der Waals surface area (Å²) in [6, 6.07) is 0. The molecular weight excluding hydrogens is 338 g/mol. The third-order valence-corrected chi connectivity index (χ3v) is 5.70. The number of thiocarbonyl (C=S) groups is 1. The summed E-state index contributed by atoms with van der Waals surface area (Å²) in [7, 11) is 1.60. The van der Waals surface area contributed by atoms with Gasteiger partial charge in [0.25, 0.3) is 0 Å². The average Bonchev–Trinajstić information content (AvgIpc) is 2.97. The summed E-state index contributed by atoms with van der Waals surface area (Å²) in [6.07, 6.45) is -2.39. The smallest absolute Gasteiger partial charge is 0.190 e. The highest BCUT2D eigenvalue weighted by atomic mass is 32.2. The predicted molar refractivity (Wildman–Crippen MR) is 93.5 cm³/mol. The Bertz CT molecular complexity index is 419. The van der Waals surface area contributed by atoms with Gasteiger partial charge in [0.2, 0.25) is 0 Å². The van der Waals surface area contributed by atoms with Crippen LogP contribution >= 0.6 is 24.0 Å². The third-order valence-electron chi connectivity index (χ3n) is 4.08. The lowest BCUT2D eigenvalue weighted by Crippen LogP contribution is -2.43. The van der Waals surface area contributed by atoms with Gasteiger partial charge in [-0.25, -0.2) is 0 Å². The van der Waals surface area contributed by atoms with Crippen molar-refractivity contribution in [2.24, 2.45) is 0 Å². The predicted octanol–water partition coefficient (Wildman–Crippen LogP) is 1.60. The Morgan fingerprint density at radius 3 is 2.57 bits per heavy atom. The lowest BCUT2D eigenvalue weighted by Gasteiger charge is -2.28. The van der Waals surface area contributed by atoms with Crippen LogP contribution in [0.1, 0.15) is 27.7 Å². The van der Waals surface area contributed by atoms with Crippen LogP contribution in [-0.4, -0.2) is 76.8 Å². The Hall–Kier alpha value is 0.0400. The van der Waals surface area contributed by atoms with Gasteiger partial charge < -0.3 is 29.0 Å². The van der Waals surface area contributed by atoms with E-state index in [-0.39, 0.29) is 12.2 Å². The van der Waals surface area contributed by atoms with Crippen molar-refractivity contribution in [2.75, 3.05) is 26.0 Å². The molecule has 0 aliphatic carbocycles. The van der Waals surface area contributed by atoms with Gasteiger partial charge in [-0.3, -0.25) is 0 Å². The van der Waals surface area contributed by atoms with Crippen molar-refractivity contribution in [2.45, 2.75) is 64.2 Å². The van der Waals surface area contributed by atoms with Crippen LogP contribution in [0.5, 0.6) is 0 Å². The first-order valence-corrected chi connectivity index (χ1v) is 9.36. The minimum absolute atomic E-state index is 0.325. The first-order chi connectivity index (χ1) is 10.8. The number of nitrogens with zero attached hydrogens (tertiary/aromatic N) is 1. The molecule has 0 unspecified atom stereocenters. The highest BCUT2D eigenvalue weighted by Crippen LogP contribution is 2.39. The molecule has 0 saturated carbocycles. The van der Waals surface area contributed by atoms with E-state index in [1.807, 2.05) is 13.8 Å². The fraction of sp³-hybridized carbons (Fsp3) is 0.933. The van der Waals surface area contributed by atoms with Crippen LogP contribution in [0.15, 0.2) is 0 Å². The third kappa shape index (κ3) is 4.36. The highest BCUT2D eigenvalue weighted by molar-refractivity contribution is 8.22. The number of hydrogen-bond acceptors (Lipinski definition) is 7. The number of aliphatic hydroxyl groups is 1. The zero-order chi connectivity index (χ0) is 17.2. The molecule has 0 spiro atoms. The van der Waals surface area contributed by atoms with Gasteiger partial charge in [-0.15, -0.1) is 0 Å². The van der Waals surface area contributed by atoms with Crippen molar-refractivity contribution < 1.29 is 24.1 Å². The molecule has 2 fully saturated rings. The molecule has 8 heteroatoms. The second kappa shape index (κ2) is 7.95. The fourth-order valence-electron chi connectivity index (χ4n) is 2.91. The molecule has 5 atom stereocenters. The van der Waals surface area contributed by atoms with Crippen LogP contribution in [0.4, 0.5) is 0 Å². The van der Waals surface area contributed by atoms with Crippen molar-refractivity contribution >= 4 is 28.3 Å². The van der Waals surface area contributed by atoms with Crippen LogP contribution in [-0.2, 0) is 18.9 Å². The summed E-state index contributed by atoms with van der Waals surface area (Å²) in [5, 5.41) is 10.5. The number of rotatable bonds is 6. The van der Waals surface area contributed by atoms with E-state index >= 15 is 0 Å². The molecule has 2 saturated heterocycles. The molecule has 0 bridgehead atoms. The topological polar surface area (TPSA) is 60.4 Å². The van der Waals surface area contributed by atoms with Gasteiger partial charge in [0.15, 0.2) is 12.1 Å². The maximum atomic E-state index is 10.5. The molecule has 2 aliphatic heterocycles. The van der Waals surface area contributed by atoms with Gasteiger partial charge in [0.1, 0.15) is 22.6 Å². The molecule has 2 aliphatic rings. The quantitative estimate of drug-likeness (QED) is 0.712. The molecule has 0 aromatic rings. The van der Waals surface area contributed by atoms with E-state index in [1.54, 1.807) is 7.11 Å². The Kier molecular flexibility index (Phi) is 6.69. The van der Waals surface area contributed by atoms with Gasteiger partial charge in [0.05, 0.1) is 6.10 Å². The molecule has 2 rings (SSSR count). The Morgan fingerprint density at radius 1 is 1.35 bits per heavy atom. The second-order valence-corrected chi connectivity index (χ2v) is 7.74. The minimum Gasteiger partial charge on any atom is -0.389 e. The van der Waals surface area contributed by atoms with Crippen molar-refractivity contribution in [3.05, 3.63) is 0 Å². The number of methoxy groups -OCH3 is 1. The lowest BCUT2D eigenvalue weighted by atomic mass is 10.1. The molecule has 23 heavy (non-hydrogen) atoms. The molecule has 0 radical (unpaired) electrons. The van der Waals surface area contributed by atoms with Crippen molar-refractivity contribution in [3.8, 4) is 0 Å². The number of hydrogen-bond donors (Lipinski definition) is 1. The van der Waals surface area contributed by atoms with E-state index in [1.165, 1.54) is 11.8 Å². The molecule has 0 aromatic heterocycles. The van der Waals surface area contributed by atoms with Crippen molar-refractivity contribution in [3.63, 3.8) is 0 Å². The molecule has 1 N–H and O–H groups in total. The van der Waals surface area contributed by atoms with Crippen LogP contribution in [0.2, 0.25) is 0 Å². The Morgan fingerprint density at radius 2 is 2.00 bits per heavy atom. The summed E-state index contributed by atoms with van der Waals surface area (Å²) in [5.74, 6) is -0.246. The van der Waals surface area contributed by atoms with E-state index in [2.05, 4.69) is 18.7 Å². The second-order valence-electron chi connectivity index (χ2n) is 6.09. The largest absolute Gasteiger partial charge is 0.389 e. The van der Waals surface area contributed by atoms with Gasteiger partial charge in [-0.05, 0) is 27.7 Å². The van der Waals surface area contributed by atoms with E-state index in [0.717, 1.165) is 17.4 Å². The van der Waals surface area contributed by atoms with E-state index < -0.39 is 24.3 Å². The fourth-order valence-corrected chi connectivity index (χ4v) is 4.31. The zero-order valence-corrected chi connectivity index (χ0v) is 16.0. The van der Waals surface area contributed by atoms with E-state index in [4.69, 9.17) is 31.2 Å². The van der Waals surface area contributed by atoms with Gasteiger partial charge >= 0.3 is 0 Å². The summed E-state index contributed by atoms with van der Waals surface area (Å²) in [4.78, 5) is 2.08. The lowest BCUT2D eigenvalue weighted by molar-refractivity contribution is -0.226. The number of aliphatic hydroxyl groups excluding tert-OH is 1. The zero-order valence-electron chi connectivity index (χ0n) is 14.4. The molecule has 0 amide bonds. The highest BCUT2D eigenvalue weighted by Gasteiger charge is 2.56. The standard InChI is InChI=1S/C15H27NO5S2/c1-6-16(7-2)14(22)23-8-9(17)10-11(18-5)12-13(19-10)21-15(3,4)20-12/h9-13,17H,6-8H2,1-5H3/t9-,10+,11-,12+,13+/m0/s1. The SMILES string of the molecule is CCN(CC)C(=S)SC[C@H](O)[C@H]1O[C@@H]2OC(C)(C)O[C@@H]2[C@H]1OC. The molecule has 134 valence electrons. The van der Waals surface area contributed by atoms with Crippen LogP contribution < -0.4 is 0 Å². The molecule has 0 aromatic carbocycles. The number of thioether (sulfide) groups is 1. The maximum absolute atomic E-state index is 10.5. The molecular formula is C15H27NO5S2. The first-order valence-electron chi connectivity index (χ1n) is 7.96. The Balaban J connectivity index is 1.90. The van der Waals surface area contributed by atoms with Gasteiger partial charge in [-0.2, -0.15) is 0 Å². The first kappa shape index (κ1) is 19.4. The maximum Gasteiger partial charge on any atom is 0.190 e. The summed E-state index contributed by atoms with van der Waals surface area (Å²) < 4.78 is 23.7. The summed E-state index contributed by atoms with van der Waals surface area (Å²) >= 11 is 6.85. The van der Waals surface area contributed by atoms with E-state index in [9.17, 15) is 5.11 Å². The van der Waals surface area contributed by atoms with Crippen LogP contribution in [0.3, 0.4) is 0 Å². The van der Waals surface area contributed by atoms with Crippen LogP contribution in [0.25, 0.3) is 0 Å². The minimum atomic E-state index is -0.709. The average molecular weight is 366 g/mol. The molecule has 2 heterocycles. The monoisotopic (exact) mass is 365 g/mol. The van der Waals surface area contributed by atoms with E-state index in [0.29, 0.717) is 5.75 Å². The number of fused-ring (bicyclic) bond motifs is 1. The number of ether oxygens (including phenoxy) is 4. The van der Waals surface area contributed by atoms with Gasteiger partial charge in [0, 0.05) is 26.0 Å². The van der Waals surface area contributed by atoms with Crippen molar-refractivity contribution in [1.29, 1.82) is 0 Å². The normalized spacial score (nSPS) is 33.5. The Labute approximate surface area is 147 Å². The van der Waals surface area contributed by atoms with Crippen molar-refractivity contribution in [1.82, 2.24) is 4.90 Å². The van der Waals surface area contributed by atoms with Gasteiger partial charge in [-0.1, -0.05) is 24.0 Å².